The summed E-state index contributed by atoms with van der Waals surface area (Å²) in [6.07, 6.45) is 1.12. The molecule has 2 N–H and O–H groups in total. The number of nitrogens with zero attached hydrogens (tertiary/aromatic N) is 1. The number of nitrogens with two attached hydrogens (primary N) is 1. The fourth-order valence-electron chi connectivity index (χ4n) is 2.39. The van der Waals surface area contributed by atoms with E-state index in [1.54, 1.807) is 0 Å². The second kappa shape index (κ2) is 5.85. The number of hydrogen-bond donors (Lipinski definition) is 1. The predicted octanol–water partition coefficient (Wildman–Crippen LogP) is 3.42. The van der Waals surface area contributed by atoms with Crippen LogP contribution in [-0.4, -0.2) is 24.0 Å². The van der Waals surface area contributed by atoms with Crippen molar-refractivity contribution in [2.24, 2.45) is 5.73 Å². The molecule has 0 aliphatic rings. The van der Waals surface area contributed by atoms with E-state index in [1.165, 1.54) is 16.7 Å². The van der Waals surface area contributed by atoms with Crippen LogP contribution in [0.1, 0.15) is 49.9 Å². The summed E-state index contributed by atoms with van der Waals surface area (Å²) < 4.78 is 0. The molecule has 0 bridgehead atoms. The zero-order valence-electron chi connectivity index (χ0n) is 12.7. The third-order valence-electron chi connectivity index (χ3n) is 4.14. The first-order chi connectivity index (χ1) is 8.31. The highest BCUT2D eigenvalue weighted by atomic mass is 15.2. The Labute approximate surface area is 112 Å². The van der Waals surface area contributed by atoms with Crippen LogP contribution in [0.25, 0.3) is 0 Å². The molecule has 0 aromatic heterocycles. The van der Waals surface area contributed by atoms with Crippen LogP contribution in [0, 0.1) is 13.8 Å². The third-order valence-corrected chi connectivity index (χ3v) is 4.14. The van der Waals surface area contributed by atoms with Crippen LogP contribution in [-0.2, 0) is 0 Å². The van der Waals surface area contributed by atoms with Crippen LogP contribution in [0.4, 0.5) is 0 Å². The largest absolute Gasteiger partial charge is 0.329 e. The van der Waals surface area contributed by atoms with Gasteiger partial charge >= 0.3 is 0 Å². The smallest absolute Gasteiger partial charge is 0.0472 e. The molecule has 0 aliphatic heterocycles. The van der Waals surface area contributed by atoms with E-state index in [0.717, 1.165) is 6.42 Å². The number of likely N-dealkylation sites (N-methyl/N-ethyl adjacent to an activating group) is 1. The van der Waals surface area contributed by atoms with Crippen molar-refractivity contribution in [3.8, 4) is 0 Å². The lowest BCUT2D eigenvalue weighted by Crippen LogP contribution is -2.45. The van der Waals surface area contributed by atoms with Crippen LogP contribution >= 0.6 is 0 Å². The van der Waals surface area contributed by atoms with E-state index in [0.29, 0.717) is 12.6 Å². The molecule has 1 unspecified atom stereocenters. The average Bonchev–Trinajstić information content (AvgIpc) is 2.28. The molecule has 0 radical (unpaired) electrons. The SMILES string of the molecule is CCC(C)(C)N(C)C(CN)c1cc(C)cc(C)c1. The summed E-state index contributed by atoms with van der Waals surface area (Å²) in [5.74, 6) is 0. The van der Waals surface area contributed by atoms with Crippen molar-refractivity contribution >= 4 is 0 Å². The van der Waals surface area contributed by atoms with Gasteiger partial charge in [-0.1, -0.05) is 36.2 Å². The van der Waals surface area contributed by atoms with Crippen LogP contribution in [0.5, 0.6) is 0 Å². The van der Waals surface area contributed by atoms with Crippen LogP contribution < -0.4 is 5.73 Å². The minimum absolute atomic E-state index is 0.168. The molecule has 2 nitrogen and oxygen atoms in total. The third kappa shape index (κ3) is 3.33. The van der Waals surface area contributed by atoms with Crippen LogP contribution in [0.2, 0.25) is 0 Å². The van der Waals surface area contributed by atoms with Crippen LogP contribution in [0.3, 0.4) is 0 Å². The lowest BCUT2D eigenvalue weighted by Gasteiger charge is -2.40. The van der Waals surface area contributed by atoms with Crippen molar-refractivity contribution in [1.29, 1.82) is 0 Å². The molecule has 18 heavy (non-hydrogen) atoms. The molecule has 0 fully saturated rings. The van der Waals surface area contributed by atoms with Crippen molar-refractivity contribution in [3.63, 3.8) is 0 Å². The number of rotatable bonds is 5. The Hall–Kier alpha value is -0.860. The summed E-state index contributed by atoms with van der Waals surface area (Å²) >= 11 is 0. The molecule has 0 heterocycles. The predicted molar refractivity (Wildman–Crippen MR) is 79.8 cm³/mol. The fourth-order valence-corrected chi connectivity index (χ4v) is 2.39. The Morgan fingerprint density at radius 3 is 2.06 bits per heavy atom. The Morgan fingerprint density at radius 2 is 1.67 bits per heavy atom. The zero-order chi connectivity index (χ0) is 13.9. The van der Waals surface area contributed by atoms with Gasteiger partial charge in [0.1, 0.15) is 0 Å². The van der Waals surface area contributed by atoms with Gasteiger partial charge in [0.25, 0.3) is 0 Å². The maximum atomic E-state index is 6.02. The molecule has 0 spiro atoms. The number of benzene rings is 1. The maximum absolute atomic E-state index is 6.02. The highest BCUT2D eigenvalue weighted by Crippen LogP contribution is 2.29. The molecule has 0 saturated heterocycles. The van der Waals surface area contributed by atoms with E-state index < -0.39 is 0 Å². The molecule has 1 atom stereocenters. The Bertz CT molecular complexity index is 376. The van der Waals surface area contributed by atoms with Crippen molar-refractivity contribution in [2.45, 2.75) is 52.6 Å². The second-order valence-corrected chi connectivity index (χ2v) is 5.95. The molecule has 1 rings (SSSR count). The number of aryl methyl sites for hydroxylation is 2. The van der Waals surface area contributed by atoms with E-state index in [2.05, 4.69) is 64.8 Å². The van der Waals surface area contributed by atoms with Crippen molar-refractivity contribution in [2.75, 3.05) is 13.6 Å². The van der Waals surface area contributed by atoms with Gasteiger partial charge in [0, 0.05) is 18.1 Å². The van der Waals surface area contributed by atoms with Gasteiger partial charge in [-0.15, -0.1) is 0 Å². The van der Waals surface area contributed by atoms with E-state index in [-0.39, 0.29) is 5.54 Å². The van der Waals surface area contributed by atoms with Gasteiger partial charge in [-0.2, -0.15) is 0 Å². The lowest BCUT2D eigenvalue weighted by atomic mass is 9.93. The first-order valence-electron chi connectivity index (χ1n) is 6.83. The summed E-state index contributed by atoms with van der Waals surface area (Å²) in [6, 6.07) is 7.01. The Balaban J connectivity index is 3.09. The molecule has 102 valence electrons. The molecule has 0 saturated carbocycles. The van der Waals surface area contributed by atoms with Gasteiger partial charge in [0.05, 0.1) is 0 Å². The first-order valence-corrected chi connectivity index (χ1v) is 6.83. The summed E-state index contributed by atoms with van der Waals surface area (Å²) in [4.78, 5) is 2.40. The van der Waals surface area contributed by atoms with E-state index >= 15 is 0 Å². The minimum atomic E-state index is 0.168. The molecule has 1 aromatic rings. The summed E-state index contributed by atoms with van der Waals surface area (Å²) in [5.41, 5.74) is 10.1. The van der Waals surface area contributed by atoms with E-state index in [9.17, 15) is 0 Å². The molecular formula is C16H28N2. The Morgan fingerprint density at radius 1 is 1.17 bits per heavy atom. The van der Waals surface area contributed by atoms with Gasteiger partial charge in [0.2, 0.25) is 0 Å². The fraction of sp³-hybridized carbons (Fsp3) is 0.625. The Kier molecular flexibility index (Phi) is 4.94. The first kappa shape index (κ1) is 15.2. The molecule has 2 heteroatoms. The zero-order valence-corrected chi connectivity index (χ0v) is 12.7. The second-order valence-electron chi connectivity index (χ2n) is 5.95. The molecule has 0 amide bonds. The summed E-state index contributed by atoms with van der Waals surface area (Å²) in [5, 5.41) is 0. The van der Waals surface area contributed by atoms with Crippen molar-refractivity contribution in [3.05, 3.63) is 34.9 Å². The van der Waals surface area contributed by atoms with E-state index in [4.69, 9.17) is 5.73 Å². The highest BCUT2D eigenvalue weighted by Gasteiger charge is 2.28. The molecule has 0 aliphatic carbocycles. The maximum Gasteiger partial charge on any atom is 0.0472 e. The van der Waals surface area contributed by atoms with Gasteiger partial charge in [-0.3, -0.25) is 4.90 Å². The highest BCUT2D eigenvalue weighted by molar-refractivity contribution is 5.31. The number of hydrogen-bond acceptors (Lipinski definition) is 2. The molecular weight excluding hydrogens is 220 g/mol. The van der Waals surface area contributed by atoms with Crippen LogP contribution in [0.15, 0.2) is 18.2 Å². The summed E-state index contributed by atoms with van der Waals surface area (Å²) in [6.45, 7) is 11.7. The molecule has 1 aromatic carbocycles. The quantitative estimate of drug-likeness (QED) is 0.865. The minimum Gasteiger partial charge on any atom is -0.329 e. The van der Waals surface area contributed by atoms with Gasteiger partial charge in [-0.05, 0) is 46.7 Å². The standard InChI is InChI=1S/C16H28N2/c1-7-16(4,5)18(6)15(11-17)14-9-12(2)8-13(3)10-14/h8-10,15H,7,11,17H2,1-6H3. The average molecular weight is 248 g/mol. The topological polar surface area (TPSA) is 29.3 Å². The van der Waals surface area contributed by atoms with Crippen molar-refractivity contribution in [1.82, 2.24) is 4.90 Å². The van der Waals surface area contributed by atoms with Gasteiger partial charge in [0.15, 0.2) is 0 Å². The normalized spacial score (nSPS) is 14.0. The van der Waals surface area contributed by atoms with Gasteiger partial charge in [-0.25, -0.2) is 0 Å². The summed E-state index contributed by atoms with van der Waals surface area (Å²) in [7, 11) is 2.18. The van der Waals surface area contributed by atoms with E-state index in [1.807, 2.05) is 0 Å². The van der Waals surface area contributed by atoms with Gasteiger partial charge < -0.3 is 5.73 Å². The van der Waals surface area contributed by atoms with Crippen molar-refractivity contribution < 1.29 is 0 Å². The lowest BCUT2D eigenvalue weighted by molar-refractivity contribution is 0.100. The monoisotopic (exact) mass is 248 g/mol.